The molecule has 12 nitrogen and oxygen atoms in total. The molecule has 1 saturated carbocycles. The van der Waals surface area contributed by atoms with E-state index in [9.17, 15) is 24.6 Å². The molecule has 3 atom stereocenters. The van der Waals surface area contributed by atoms with Crippen LogP contribution in [0.1, 0.15) is 50.3 Å². The van der Waals surface area contributed by atoms with Crippen LogP contribution in [-0.4, -0.2) is 78.7 Å². The Bertz CT molecular complexity index is 1040. The molecule has 4 rings (SSSR count). The number of anilines is 1. The molecule has 1 aliphatic heterocycles. The predicted octanol–water partition coefficient (Wildman–Crippen LogP) is 1.81. The lowest BCUT2D eigenvalue weighted by atomic mass is 10.1. The summed E-state index contributed by atoms with van der Waals surface area (Å²) in [5.74, 6) is 0.666. The van der Waals surface area contributed by atoms with Crippen molar-refractivity contribution in [3.8, 4) is 0 Å². The van der Waals surface area contributed by atoms with E-state index in [1.165, 1.54) is 20.0 Å². The van der Waals surface area contributed by atoms with E-state index >= 15 is 0 Å². The molecule has 0 amide bonds. The molecule has 2 aliphatic rings. The summed E-state index contributed by atoms with van der Waals surface area (Å²) < 4.78 is 29.9. The van der Waals surface area contributed by atoms with Crippen molar-refractivity contribution >= 4 is 30.5 Å². The number of nitrogens with one attached hydrogen (secondary N) is 1. The molecule has 1 saturated heterocycles. The highest BCUT2D eigenvalue weighted by atomic mass is 35.5. The largest absolute Gasteiger partial charge is 0.381 e. The van der Waals surface area contributed by atoms with E-state index in [1.54, 1.807) is 4.52 Å². The van der Waals surface area contributed by atoms with Gasteiger partial charge in [0, 0.05) is 13.2 Å². The highest BCUT2D eigenvalue weighted by molar-refractivity contribution is 7.53. The number of nitrogens with zero attached hydrogens (tertiary/aromatic N) is 3. The lowest BCUT2D eigenvalue weighted by Gasteiger charge is -2.35. The fourth-order valence-corrected chi connectivity index (χ4v) is 5.60. The average Bonchev–Trinajstić information content (AvgIpc) is 3.50. The summed E-state index contributed by atoms with van der Waals surface area (Å²) in [4.78, 5) is 23.7. The van der Waals surface area contributed by atoms with Gasteiger partial charge in [-0.2, -0.15) is 4.98 Å². The van der Waals surface area contributed by atoms with Crippen molar-refractivity contribution in [2.75, 3.05) is 25.6 Å². The SMILES string of the molecule is COCC(OC[C@@H]1CC[C@H](c2ccc3c(NC4CCCC4)nc(Cl)nn23)O1)(C(O)O)P(=O)(O)O. The third-order valence-electron chi connectivity index (χ3n) is 6.41. The molecule has 1 unspecified atom stereocenters. The van der Waals surface area contributed by atoms with Gasteiger partial charge in [-0.15, -0.1) is 5.10 Å². The molecule has 0 aromatic carbocycles. The van der Waals surface area contributed by atoms with Crippen molar-refractivity contribution in [2.45, 2.75) is 68.4 Å². The van der Waals surface area contributed by atoms with E-state index in [4.69, 9.17) is 25.8 Å². The minimum Gasteiger partial charge on any atom is -0.381 e. The van der Waals surface area contributed by atoms with Crippen LogP contribution >= 0.6 is 19.2 Å². The third-order valence-corrected chi connectivity index (χ3v) is 8.05. The Morgan fingerprint density at radius 3 is 2.68 bits per heavy atom. The van der Waals surface area contributed by atoms with Crippen LogP contribution < -0.4 is 5.32 Å². The van der Waals surface area contributed by atoms with Crippen LogP contribution in [-0.2, 0) is 18.8 Å². The van der Waals surface area contributed by atoms with Crippen molar-refractivity contribution in [2.24, 2.45) is 0 Å². The van der Waals surface area contributed by atoms with Gasteiger partial charge in [-0.25, -0.2) is 4.52 Å². The quantitative estimate of drug-likeness (QED) is 0.229. The number of rotatable bonds is 10. The molecule has 14 heteroatoms. The number of fused-ring (bicyclic) bond motifs is 1. The van der Waals surface area contributed by atoms with E-state index in [-0.39, 0.29) is 18.0 Å². The summed E-state index contributed by atoms with van der Waals surface area (Å²) in [5.41, 5.74) is 1.54. The summed E-state index contributed by atoms with van der Waals surface area (Å²) in [6.07, 6.45) is 2.28. The molecule has 5 N–H and O–H groups in total. The maximum atomic E-state index is 12.0. The van der Waals surface area contributed by atoms with Gasteiger partial charge < -0.3 is 39.5 Å². The molecule has 1 aliphatic carbocycles. The first-order valence-electron chi connectivity index (χ1n) is 11.2. The molecule has 190 valence electrons. The second-order valence-electron chi connectivity index (χ2n) is 8.74. The summed E-state index contributed by atoms with van der Waals surface area (Å²) in [7, 11) is -3.92. The number of aliphatic hydroxyl groups excluding tert-OH is 1. The van der Waals surface area contributed by atoms with Crippen LogP contribution in [0.3, 0.4) is 0 Å². The van der Waals surface area contributed by atoms with Crippen LogP contribution in [0.4, 0.5) is 5.82 Å². The number of hydrogen-bond donors (Lipinski definition) is 5. The van der Waals surface area contributed by atoms with Gasteiger partial charge in [0.05, 0.1) is 25.0 Å². The minimum absolute atomic E-state index is 0.103. The Kier molecular flexibility index (Phi) is 7.83. The van der Waals surface area contributed by atoms with Crippen LogP contribution in [0, 0.1) is 0 Å². The van der Waals surface area contributed by atoms with E-state index in [0.29, 0.717) is 24.7 Å². The first kappa shape index (κ1) is 25.7. The lowest BCUT2D eigenvalue weighted by molar-refractivity contribution is -0.203. The summed E-state index contributed by atoms with van der Waals surface area (Å²) >= 11 is 6.20. The molecule has 0 radical (unpaired) electrons. The van der Waals surface area contributed by atoms with Crippen molar-refractivity contribution in [3.63, 3.8) is 0 Å². The second kappa shape index (κ2) is 10.3. The van der Waals surface area contributed by atoms with Crippen molar-refractivity contribution in [1.29, 1.82) is 0 Å². The summed E-state index contributed by atoms with van der Waals surface area (Å²) in [6.45, 7) is -0.975. The van der Waals surface area contributed by atoms with Crippen molar-refractivity contribution < 1.29 is 38.8 Å². The number of halogens is 1. The smallest absolute Gasteiger partial charge is 0.364 e. The molecule has 2 fully saturated rings. The molecule has 34 heavy (non-hydrogen) atoms. The zero-order valence-electron chi connectivity index (χ0n) is 18.7. The Hall–Kier alpha value is -1.34. The molecule has 0 spiro atoms. The maximum Gasteiger partial charge on any atom is 0.364 e. The zero-order chi connectivity index (χ0) is 24.5. The van der Waals surface area contributed by atoms with Crippen molar-refractivity contribution in [1.82, 2.24) is 14.6 Å². The molecule has 0 bridgehead atoms. The average molecular weight is 521 g/mol. The van der Waals surface area contributed by atoms with Gasteiger partial charge in [0.15, 0.2) is 12.1 Å². The van der Waals surface area contributed by atoms with Gasteiger partial charge in [0.25, 0.3) is 0 Å². The topological polar surface area (TPSA) is 168 Å². The van der Waals surface area contributed by atoms with Gasteiger partial charge in [0.1, 0.15) is 11.6 Å². The van der Waals surface area contributed by atoms with Gasteiger partial charge in [-0.05, 0) is 49.4 Å². The first-order chi connectivity index (χ1) is 16.1. The molecular weight excluding hydrogens is 491 g/mol. The third kappa shape index (κ3) is 5.11. The maximum absolute atomic E-state index is 12.0. The van der Waals surface area contributed by atoms with E-state index < -0.39 is 31.9 Å². The predicted molar refractivity (Wildman–Crippen MR) is 122 cm³/mol. The van der Waals surface area contributed by atoms with Gasteiger partial charge in [-0.1, -0.05) is 12.8 Å². The number of aromatic nitrogens is 3. The highest BCUT2D eigenvalue weighted by Gasteiger charge is 2.55. The standard InChI is InChI=1S/C20H30ClN4O8P/c1-31-11-20(18(26)27,34(28,29)30)32-10-13-6-9-16(33-13)14-7-8-15-17(22-12-4-2-3-5-12)23-19(21)24-25(14)15/h7-8,12-13,16,18,26-27H,2-6,9-11H2,1H3,(H,22,23,24)(H2,28,29,30)/t13-,16+,20?/m0/s1. The minimum atomic E-state index is -5.10. The number of ether oxygens (including phenoxy) is 3. The molecule has 3 heterocycles. The van der Waals surface area contributed by atoms with Gasteiger partial charge >= 0.3 is 7.60 Å². The van der Waals surface area contributed by atoms with Crippen molar-refractivity contribution in [3.05, 3.63) is 23.1 Å². The Labute approximate surface area is 201 Å². The van der Waals surface area contributed by atoms with E-state index in [1.807, 2.05) is 12.1 Å². The van der Waals surface area contributed by atoms with E-state index in [0.717, 1.165) is 24.1 Å². The number of hydrogen-bond acceptors (Lipinski definition) is 9. The lowest BCUT2D eigenvalue weighted by Crippen LogP contribution is -2.49. The molecular formula is C20H30ClN4O8P. The summed E-state index contributed by atoms with van der Waals surface area (Å²) in [6, 6.07) is 4.13. The van der Waals surface area contributed by atoms with Crippen LogP contribution in [0.5, 0.6) is 0 Å². The zero-order valence-corrected chi connectivity index (χ0v) is 20.4. The Balaban J connectivity index is 1.48. The molecule has 2 aromatic heterocycles. The van der Waals surface area contributed by atoms with Crippen LogP contribution in [0.25, 0.3) is 5.52 Å². The number of methoxy groups -OCH3 is 1. The monoisotopic (exact) mass is 520 g/mol. The normalized spacial score (nSPS) is 23.7. The Morgan fingerprint density at radius 1 is 1.29 bits per heavy atom. The fourth-order valence-electron chi connectivity index (χ4n) is 4.60. The first-order valence-corrected chi connectivity index (χ1v) is 13.2. The van der Waals surface area contributed by atoms with E-state index in [2.05, 4.69) is 15.4 Å². The second-order valence-corrected chi connectivity index (χ2v) is 10.9. The van der Waals surface area contributed by atoms with Crippen LogP contribution in [0.15, 0.2) is 12.1 Å². The number of aliphatic hydroxyl groups is 2. The fraction of sp³-hybridized carbons (Fsp3) is 0.700. The van der Waals surface area contributed by atoms with Crippen LogP contribution in [0.2, 0.25) is 5.28 Å². The highest BCUT2D eigenvalue weighted by Crippen LogP contribution is 2.53. The van der Waals surface area contributed by atoms with Gasteiger partial charge in [0.2, 0.25) is 10.6 Å². The molecule has 2 aromatic rings. The summed E-state index contributed by atoms with van der Waals surface area (Å²) in [5, 5.41) is 24.6. The Morgan fingerprint density at radius 2 is 2.03 bits per heavy atom. The van der Waals surface area contributed by atoms with Gasteiger partial charge in [-0.3, -0.25) is 4.57 Å².